The molecule has 0 saturated carbocycles. The Bertz CT molecular complexity index is 522. The Morgan fingerprint density at radius 2 is 2.22 bits per heavy atom. The minimum atomic E-state index is -1.39. The summed E-state index contributed by atoms with van der Waals surface area (Å²) in [5.74, 6) is -1.66. The molecule has 0 spiro atoms. The first-order valence-corrected chi connectivity index (χ1v) is 5.71. The van der Waals surface area contributed by atoms with Gasteiger partial charge in [0.15, 0.2) is 0 Å². The largest absolute Gasteiger partial charge is 0.361 e. The molecule has 3 aliphatic rings. The highest BCUT2D eigenvalue weighted by Gasteiger charge is 2.60. The molecule has 3 amide bonds. The van der Waals surface area contributed by atoms with Crippen LogP contribution in [0.1, 0.15) is 6.42 Å². The highest BCUT2D eigenvalue weighted by molar-refractivity contribution is 6.12. The molecule has 0 aromatic rings. The van der Waals surface area contributed by atoms with Gasteiger partial charge < -0.3 is 9.64 Å². The molecule has 94 valence electrons. The number of rotatable bonds is 2. The summed E-state index contributed by atoms with van der Waals surface area (Å²) in [6.07, 6.45) is 5.43. The number of nitrogens with zero attached hydrogens (tertiary/aromatic N) is 1. The standard InChI is InChI=1S/C12H12N2O4/c1-18-12-7(10(16)13-11(12)17)3-2-4-8(12)14-6-5-9(14)15/h2-4,7H,5-6H2,1H3,(H,13,16,17)/t7-,12?/m1/s1. The fourth-order valence-corrected chi connectivity index (χ4v) is 2.67. The molecule has 0 aromatic heterocycles. The van der Waals surface area contributed by atoms with Crippen LogP contribution in [-0.2, 0) is 19.1 Å². The van der Waals surface area contributed by atoms with Gasteiger partial charge in [-0.3, -0.25) is 19.7 Å². The molecule has 0 aromatic carbocycles. The molecule has 2 heterocycles. The van der Waals surface area contributed by atoms with E-state index in [-0.39, 0.29) is 5.91 Å². The number of amides is 3. The van der Waals surface area contributed by atoms with E-state index >= 15 is 0 Å². The first kappa shape index (κ1) is 11.2. The van der Waals surface area contributed by atoms with Crippen LogP contribution in [0.5, 0.6) is 0 Å². The monoisotopic (exact) mass is 248 g/mol. The fourth-order valence-electron chi connectivity index (χ4n) is 2.67. The molecule has 6 nitrogen and oxygen atoms in total. The Labute approximate surface area is 103 Å². The van der Waals surface area contributed by atoms with Crippen molar-refractivity contribution in [2.75, 3.05) is 13.7 Å². The SMILES string of the molecule is COC12C(=O)NC(=O)[C@H]1C=CC=C2N1CCC1=O. The quantitative estimate of drug-likeness (QED) is 0.519. The molecule has 6 heteroatoms. The summed E-state index contributed by atoms with van der Waals surface area (Å²) in [5, 5.41) is 2.27. The average Bonchev–Trinajstić information content (AvgIpc) is 2.61. The summed E-state index contributed by atoms with van der Waals surface area (Å²) >= 11 is 0. The van der Waals surface area contributed by atoms with Crippen molar-refractivity contribution in [3.05, 3.63) is 23.9 Å². The number of β-lactam (4-membered cyclic amide) rings is 1. The third-order valence-corrected chi connectivity index (χ3v) is 3.70. The lowest BCUT2D eigenvalue weighted by atomic mass is 9.81. The lowest BCUT2D eigenvalue weighted by molar-refractivity contribution is -0.147. The molecule has 1 N–H and O–H groups in total. The number of fused-ring (bicyclic) bond motifs is 1. The molecule has 1 aliphatic carbocycles. The number of likely N-dealkylation sites (tertiary alicyclic amines) is 1. The maximum atomic E-state index is 12.1. The van der Waals surface area contributed by atoms with E-state index in [9.17, 15) is 14.4 Å². The zero-order chi connectivity index (χ0) is 12.9. The number of hydrogen-bond acceptors (Lipinski definition) is 4. The van der Waals surface area contributed by atoms with E-state index < -0.39 is 23.3 Å². The molecule has 2 atom stereocenters. The van der Waals surface area contributed by atoms with Gasteiger partial charge in [0, 0.05) is 20.1 Å². The topological polar surface area (TPSA) is 75.7 Å². The second kappa shape index (κ2) is 3.52. The molecule has 18 heavy (non-hydrogen) atoms. The number of imide groups is 1. The molecule has 2 saturated heterocycles. The van der Waals surface area contributed by atoms with Crippen molar-refractivity contribution in [2.45, 2.75) is 12.0 Å². The van der Waals surface area contributed by atoms with Crippen LogP contribution in [0.4, 0.5) is 0 Å². The third kappa shape index (κ3) is 1.13. The second-order valence-electron chi connectivity index (χ2n) is 4.47. The van der Waals surface area contributed by atoms with Gasteiger partial charge in [-0.05, 0) is 6.08 Å². The molecule has 2 aliphatic heterocycles. The second-order valence-corrected chi connectivity index (χ2v) is 4.47. The van der Waals surface area contributed by atoms with Gasteiger partial charge in [-0.25, -0.2) is 0 Å². The van der Waals surface area contributed by atoms with Crippen molar-refractivity contribution in [3.63, 3.8) is 0 Å². The minimum Gasteiger partial charge on any atom is -0.361 e. The Hall–Kier alpha value is -1.95. The van der Waals surface area contributed by atoms with Crippen molar-refractivity contribution < 1.29 is 19.1 Å². The van der Waals surface area contributed by atoms with Gasteiger partial charge in [0.2, 0.25) is 17.4 Å². The van der Waals surface area contributed by atoms with Crippen LogP contribution >= 0.6 is 0 Å². The normalized spacial score (nSPS) is 34.1. The predicted octanol–water partition coefficient (Wildman–Crippen LogP) is -0.670. The molecule has 2 fully saturated rings. The van der Waals surface area contributed by atoms with Gasteiger partial charge in [-0.1, -0.05) is 12.2 Å². The van der Waals surface area contributed by atoms with Gasteiger partial charge in [0.1, 0.15) is 5.92 Å². The molecule has 0 bridgehead atoms. The van der Waals surface area contributed by atoms with Crippen molar-refractivity contribution in [2.24, 2.45) is 5.92 Å². The number of nitrogens with one attached hydrogen (secondary N) is 1. The van der Waals surface area contributed by atoms with Crippen LogP contribution in [0.25, 0.3) is 0 Å². The van der Waals surface area contributed by atoms with Crippen LogP contribution < -0.4 is 5.32 Å². The van der Waals surface area contributed by atoms with Gasteiger partial charge in [0.25, 0.3) is 5.91 Å². The van der Waals surface area contributed by atoms with Crippen LogP contribution in [0, 0.1) is 5.92 Å². The summed E-state index contributed by atoms with van der Waals surface area (Å²) in [7, 11) is 1.38. The summed E-state index contributed by atoms with van der Waals surface area (Å²) in [5.41, 5.74) is -0.931. The van der Waals surface area contributed by atoms with Crippen molar-refractivity contribution in [1.29, 1.82) is 0 Å². The number of carbonyl (C=O) groups excluding carboxylic acids is 3. The third-order valence-electron chi connectivity index (χ3n) is 3.70. The smallest absolute Gasteiger partial charge is 0.266 e. The molecule has 3 rings (SSSR count). The first-order chi connectivity index (χ1) is 8.61. The van der Waals surface area contributed by atoms with Crippen LogP contribution in [0.3, 0.4) is 0 Å². The van der Waals surface area contributed by atoms with Gasteiger partial charge in [-0.15, -0.1) is 0 Å². The highest BCUT2D eigenvalue weighted by Crippen LogP contribution is 2.41. The van der Waals surface area contributed by atoms with Crippen LogP contribution in [0.2, 0.25) is 0 Å². The number of allylic oxidation sites excluding steroid dienone is 2. The lowest BCUT2D eigenvalue weighted by Crippen LogP contribution is -2.56. The van der Waals surface area contributed by atoms with Crippen LogP contribution in [0.15, 0.2) is 23.9 Å². The van der Waals surface area contributed by atoms with Crippen LogP contribution in [-0.4, -0.2) is 41.9 Å². The minimum absolute atomic E-state index is 0.0566. The Morgan fingerprint density at radius 1 is 1.44 bits per heavy atom. The number of methoxy groups -OCH3 is 1. The van der Waals surface area contributed by atoms with E-state index in [4.69, 9.17) is 4.74 Å². The Balaban J connectivity index is 2.10. The number of ether oxygens (including phenoxy) is 1. The van der Waals surface area contributed by atoms with Gasteiger partial charge in [-0.2, -0.15) is 0 Å². The van der Waals surface area contributed by atoms with Crippen molar-refractivity contribution in [1.82, 2.24) is 10.2 Å². The summed E-state index contributed by atoms with van der Waals surface area (Å²) < 4.78 is 5.36. The molecule has 1 unspecified atom stereocenters. The molecule has 0 radical (unpaired) electrons. The Kier molecular flexibility index (Phi) is 2.18. The van der Waals surface area contributed by atoms with E-state index in [1.807, 2.05) is 0 Å². The van der Waals surface area contributed by atoms with Crippen molar-refractivity contribution in [3.8, 4) is 0 Å². The lowest BCUT2D eigenvalue weighted by Gasteiger charge is -2.42. The van der Waals surface area contributed by atoms with E-state index in [2.05, 4.69) is 5.32 Å². The summed E-state index contributed by atoms with van der Waals surface area (Å²) in [6.45, 7) is 0.553. The average molecular weight is 248 g/mol. The van der Waals surface area contributed by atoms with E-state index in [1.165, 1.54) is 12.0 Å². The van der Waals surface area contributed by atoms with Gasteiger partial charge >= 0.3 is 0 Å². The van der Waals surface area contributed by atoms with Gasteiger partial charge in [0.05, 0.1) is 5.70 Å². The van der Waals surface area contributed by atoms with E-state index in [1.54, 1.807) is 18.2 Å². The zero-order valence-electron chi connectivity index (χ0n) is 9.80. The summed E-state index contributed by atoms with van der Waals surface area (Å²) in [6, 6.07) is 0. The van der Waals surface area contributed by atoms with E-state index in [0.29, 0.717) is 18.7 Å². The molecular formula is C12H12N2O4. The first-order valence-electron chi connectivity index (χ1n) is 5.71. The zero-order valence-corrected chi connectivity index (χ0v) is 9.80. The van der Waals surface area contributed by atoms with Crippen molar-refractivity contribution >= 4 is 17.7 Å². The number of hydrogen-bond donors (Lipinski definition) is 1. The highest BCUT2D eigenvalue weighted by atomic mass is 16.5. The maximum Gasteiger partial charge on any atom is 0.266 e. The predicted molar refractivity (Wildman–Crippen MR) is 59.9 cm³/mol. The van der Waals surface area contributed by atoms with E-state index in [0.717, 1.165) is 0 Å². The fraction of sp³-hybridized carbons (Fsp3) is 0.417. The Morgan fingerprint density at radius 3 is 2.78 bits per heavy atom. The summed E-state index contributed by atoms with van der Waals surface area (Å²) in [4.78, 5) is 36.9. The number of carbonyl (C=O) groups is 3. The molecular weight excluding hydrogens is 236 g/mol. The maximum absolute atomic E-state index is 12.1.